The quantitative estimate of drug-likeness (QED) is 0.865. The number of ether oxygens (including phenoxy) is 2. The van der Waals surface area contributed by atoms with Gasteiger partial charge in [0.25, 0.3) is 0 Å². The van der Waals surface area contributed by atoms with Crippen LogP contribution in [0.15, 0.2) is 42.7 Å². The summed E-state index contributed by atoms with van der Waals surface area (Å²) in [4.78, 5) is 4.06. The van der Waals surface area contributed by atoms with Gasteiger partial charge in [0.1, 0.15) is 6.61 Å². The Kier molecular flexibility index (Phi) is 4.75. The SMILES string of the molecule is CCOc1cc(CN)ccc1OCc1cccnc1. The van der Waals surface area contributed by atoms with Crippen LogP contribution in [0, 0.1) is 0 Å². The van der Waals surface area contributed by atoms with Crippen LogP contribution >= 0.6 is 0 Å². The van der Waals surface area contributed by atoms with Crippen molar-refractivity contribution in [3.8, 4) is 11.5 Å². The molecule has 2 N–H and O–H groups in total. The lowest BCUT2D eigenvalue weighted by molar-refractivity contribution is 0.269. The Morgan fingerprint density at radius 2 is 2.00 bits per heavy atom. The molecule has 19 heavy (non-hydrogen) atoms. The van der Waals surface area contributed by atoms with Gasteiger partial charge in [-0.1, -0.05) is 12.1 Å². The summed E-state index contributed by atoms with van der Waals surface area (Å²) in [6.45, 7) is 3.50. The van der Waals surface area contributed by atoms with Crippen molar-refractivity contribution in [3.05, 3.63) is 53.9 Å². The molecule has 0 unspecified atom stereocenters. The van der Waals surface area contributed by atoms with Gasteiger partial charge in [0, 0.05) is 24.5 Å². The molecule has 0 atom stereocenters. The molecule has 0 amide bonds. The number of hydrogen-bond donors (Lipinski definition) is 1. The van der Waals surface area contributed by atoms with Crippen molar-refractivity contribution < 1.29 is 9.47 Å². The molecule has 0 aliphatic heterocycles. The van der Waals surface area contributed by atoms with Crippen LogP contribution < -0.4 is 15.2 Å². The largest absolute Gasteiger partial charge is 0.490 e. The van der Waals surface area contributed by atoms with E-state index in [1.54, 1.807) is 12.4 Å². The van der Waals surface area contributed by atoms with Crippen molar-refractivity contribution in [2.45, 2.75) is 20.1 Å². The van der Waals surface area contributed by atoms with Crippen LogP contribution in [-0.4, -0.2) is 11.6 Å². The van der Waals surface area contributed by atoms with Crippen LogP contribution in [-0.2, 0) is 13.2 Å². The first-order chi connectivity index (χ1) is 9.33. The molecule has 0 radical (unpaired) electrons. The molecule has 4 heteroatoms. The van der Waals surface area contributed by atoms with Gasteiger partial charge < -0.3 is 15.2 Å². The Bertz CT molecular complexity index is 515. The molecule has 0 fully saturated rings. The fourth-order valence-corrected chi connectivity index (χ4v) is 1.71. The first-order valence-corrected chi connectivity index (χ1v) is 6.31. The zero-order chi connectivity index (χ0) is 13.5. The van der Waals surface area contributed by atoms with Gasteiger partial charge in [-0.2, -0.15) is 0 Å². The Hall–Kier alpha value is -2.07. The van der Waals surface area contributed by atoms with Gasteiger partial charge in [-0.05, 0) is 30.7 Å². The zero-order valence-electron chi connectivity index (χ0n) is 11.0. The number of rotatable bonds is 6. The second kappa shape index (κ2) is 6.75. The number of hydrogen-bond acceptors (Lipinski definition) is 4. The molecule has 1 aromatic carbocycles. The molecular formula is C15H18N2O2. The van der Waals surface area contributed by atoms with Crippen molar-refractivity contribution in [1.82, 2.24) is 4.98 Å². The lowest BCUT2D eigenvalue weighted by atomic mass is 10.2. The standard InChI is InChI=1S/C15H18N2O2/c1-2-18-15-8-12(9-16)5-6-14(15)19-11-13-4-3-7-17-10-13/h3-8,10H,2,9,11,16H2,1H3. The van der Waals surface area contributed by atoms with Gasteiger partial charge in [-0.25, -0.2) is 0 Å². The number of benzene rings is 1. The molecule has 0 bridgehead atoms. The maximum Gasteiger partial charge on any atom is 0.161 e. The van der Waals surface area contributed by atoms with Crippen molar-refractivity contribution >= 4 is 0 Å². The van der Waals surface area contributed by atoms with E-state index < -0.39 is 0 Å². The van der Waals surface area contributed by atoms with Crippen LogP contribution in [0.1, 0.15) is 18.1 Å². The highest BCUT2D eigenvalue weighted by Gasteiger charge is 2.06. The summed E-state index contributed by atoms with van der Waals surface area (Å²) < 4.78 is 11.3. The molecule has 1 heterocycles. The van der Waals surface area contributed by atoms with Gasteiger partial charge in [0.05, 0.1) is 6.61 Å². The highest BCUT2D eigenvalue weighted by Crippen LogP contribution is 2.29. The molecule has 0 spiro atoms. The van der Waals surface area contributed by atoms with Crippen molar-refractivity contribution in [2.24, 2.45) is 5.73 Å². The van der Waals surface area contributed by atoms with E-state index in [1.807, 2.05) is 37.3 Å². The fourth-order valence-electron chi connectivity index (χ4n) is 1.71. The van der Waals surface area contributed by atoms with Crippen molar-refractivity contribution in [3.63, 3.8) is 0 Å². The van der Waals surface area contributed by atoms with Crippen LogP contribution in [0.4, 0.5) is 0 Å². The molecular weight excluding hydrogens is 240 g/mol. The van der Waals surface area contributed by atoms with Gasteiger partial charge in [-0.15, -0.1) is 0 Å². The van der Waals surface area contributed by atoms with E-state index in [-0.39, 0.29) is 0 Å². The number of pyridine rings is 1. The average Bonchev–Trinajstić information content (AvgIpc) is 2.47. The summed E-state index contributed by atoms with van der Waals surface area (Å²) in [5, 5.41) is 0. The third kappa shape index (κ3) is 3.69. The first-order valence-electron chi connectivity index (χ1n) is 6.31. The minimum atomic E-state index is 0.468. The first kappa shape index (κ1) is 13.4. The smallest absolute Gasteiger partial charge is 0.161 e. The lowest BCUT2D eigenvalue weighted by Crippen LogP contribution is -2.02. The summed E-state index contributed by atoms with van der Waals surface area (Å²) in [5.74, 6) is 1.46. The maximum atomic E-state index is 5.77. The Balaban J connectivity index is 2.10. The van der Waals surface area contributed by atoms with Crippen LogP contribution in [0.2, 0.25) is 0 Å². The van der Waals surface area contributed by atoms with Gasteiger partial charge >= 0.3 is 0 Å². The fraction of sp³-hybridized carbons (Fsp3) is 0.267. The second-order valence-corrected chi connectivity index (χ2v) is 4.07. The predicted molar refractivity (Wildman–Crippen MR) is 74.1 cm³/mol. The highest BCUT2D eigenvalue weighted by atomic mass is 16.5. The van der Waals surface area contributed by atoms with Crippen LogP contribution in [0.5, 0.6) is 11.5 Å². The zero-order valence-corrected chi connectivity index (χ0v) is 11.0. The third-order valence-electron chi connectivity index (χ3n) is 2.66. The minimum Gasteiger partial charge on any atom is -0.490 e. The summed E-state index contributed by atoms with van der Waals surface area (Å²) in [5.41, 5.74) is 7.67. The molecule has 4 nitrogen and oxygen atoms in total. The van der Waals surface area contributed by atoms with Crippen molar-refractivity contribution in [2.75, 3.05) is 6.61 Å². The normalized spacial score (nSPS) is 10.2. The van der Waals surface area contributed by atoms with Gasteiger partial charge in [0.15, 0.2) is 11.5 Å². The number of nitrogens with zero attached hydrogens (tertiary/aromatic N) is 1. The Labute approximate surface area is 113 Å². The number of nitrogens with two attached hydrogens (primary N) is 1. The van der Waals surface area contributed by atoms with Crippen molar-refractivity contribution in [1.29, 1.82) is 0 Å². The summed E-state index contributed by atoms with van der Waals surface area (Å²) in [6, 6.07) is 9.62. The topological polar surface area (TPSA) is 57.4 Å². The molecule has 0 aliphatic rings. The Morgan fingerprint density at radius 1 is 1.11 bits per heavy atom. The van der Waals surface area contributed by atoms with Crippen LogP contribution in [0.25, 0.3) is 0 Å². The molecule has 1 aromatic heterocycles. The maximum absolute atomic E-state index is 5.77. The van der Waals surface area contributed by atoms with E-state index in [4.69, 9.17) is 15.2 Å². The van der Waals surface area contributed by atoms with E-state index in [1.165, 1.54) is 0 Å². The molecule has 2 rings (SSSR count). The van der Waals surface area contributed by atoms with E-state index >= 15 is 0 Å². The monoisotopic (exact) mass is 258 g/mol. The lowest BCUT2D eigenvalue weighted by Gasteiger charge is -2.13. The highest BCUT2D eigenvalue weighted by molar-refractivity contribution is 5.43. The molecule has 100 valence electrons. The summed E-state index contributed by atoms with van der Waals surface area (Å²) in [7, 11) is 0. The predicted octanol–water partition coefficient (Wildman–Crippen LogP) is 2.52. The van der Waals surface area contributed by atoms with E-state index in [2.05, 4.69) is 4.98 Å². The Morgan fingerprint density at radius 3 is 2.68 bits per heavy atom. The summed E-state index contributed by atoms with van der Waals surface area (Å²) >= 11 is 0. The molecule has 0 saturated heterocycles. The van der Waals surface area contributed by atoms with E-state index in [0.717, 1.165) is 22.6 Å². The number of aromatic nitrogens is 1. The van der Waals surface area contributed by atoms with E-state index in [9.17, 15) is 0 Å². The van der Waals surface area contributed by atoms with Gasteiger partial charge in [0.2, 0.25) is 0 Å². The minimum absolute atomic E-state index is 0.468. The molecule has 0 aliphatic carbocycles. The average molecular weight is 258 g/mol. The van der Waals surface area contributed by atoms with Crippen LogP contribution in [0.3, 0.4) is 0 Å². The van der Waals surface area contributed by atoms with E-state index in [0.29, 0.717) is 19.8 Å². The van der Waals surface area contributed by atoms with Gasteiger partial charge in [-0.3, -0.25) is 4.98 Å². The summed E-state index contributed by atoms with van der Waals surface area (Å²) in [6.07, 6.45) is 3.53. The second-order valence-electron chi connectivity index (χ2n) is 4.07. The molecule has 0 saturated carbocycles. The third-order valence-corrected chi connectivity index (χ3v) is 2.66. The molecule has 2 aromatic rings.